The number of nitrogens with zero attached hydrogens (tertiary/aromatic N) is 1. The van der Waals surface area contributed by atoms with E-state index in [2.05, 4.69) is 11.9 Å². The number of nitrogens with one attached hydrogen (secondary N) is 1. The van der Waals surface area contributed by atoms with Crippen LogP contribution in [0.15, 0.2) is 36.9 Å². The minimum absolute atomic E-state index is 0.503. The Bertz CT molecular complexity index is 341. The summed E-state index contributed by atoms with van der Waals surface area (Å²) in [6.07, 6.45) is 0.531. The Hall–Kier alpha value is -1.79. The minimum atomic E-state index is -0.825. The number of hydrogen-bond donors (Lipinski definition) is 2. The van der Waals surface area contributed by atoms with Crippen LogP contribution in [-0.2, 0) is 0 Å². The highest BCUT2D eigenvalue weighted by molar-refractivity contribution is 5.57. The van der Waals surface area contributed by atoms with Crippen molar-refractivity contribution in [1.29, 1.82) is 5.26 Å². The lowest BCUT2D eigenvalue weighted by molar-refractivity contribution is 0.253. The highest BCUT2D eigenvalue weighted by Crippen LogP contribution is 2.13. The molecule has 0 aliphatic heterocycles. The third-order valence-corrected chi connectivity index (χ3v) is 1.57. The van der Waals surface area contributed by atoms with E-state index in [1.807, 2.05) is 6.07 Å². The molecule has 2 N–H and O–H groups in total. The molecule has 0 spiro atoms. The van der Waals surface area contributed by atoms with Gasteiger partial charge in [-0.05, 0) is 18.2 Å². The number of aliphatic hydroxyl groups is 1. The lowest BCUT2D eigenvalue weighted by Gasteiger charge is -2.10. The molecule has 1 rings (SSSR count). The molecular formula is C10H10N2O. The van der Waals surface area contributed by atoms with Crippen molar-refractivity contribution >= 4 is 5.69 Å². The highest BCUT2D eigenvalue weighted by atomic mass is 16.3. The molecule has 1 aromatic carbocycles. The summed E-state index contributed by atoms with van der Waals surface area (Å²) in [5.41, 5.74) is 1.11. The van der Waals surface area contributed by atoms with Crippen molar-refractivity contribution < 1.29 is 5.11 Å². The maximum atomic E-state index is 9.19. The van der Waals surface area contributed by atoms with Crippen molar-refractivity contribution in [3.63, 3.8) is 0 Å². The molecule has 0 heterocycles. The number of benzene rings is 1. The second-order valence-corrected chi connectivity index (χ2v) is 2.48. The van der Waals surface area contributed by atoms with Crippen LogP contribution in [0.2, 0.25) is 0 Å². The molecule has 1 atom stereocenters. The molecule has 3 heteroatoms. The summed E-state index contributed by atoms with van der Waals surface area (Å²) < 4.78 is 0. The third kappa shape index (κ3) is 2.32. The fourth-order valence-electron chi connectivity index (χ4n) is 0.925. The van der Waals surface area contributed by atoms with Crippen molar-refractivity contribution in [1.82, 2.24) is 0 Å². The summed E-state index contributed by atoms with van der Waals surface area (Å²) in [5, 5.41) is 20.6. The predicted octanol–water partition coefficient (Wildman–Crippen LogP) is 1.47. The quantitative estimate of drug-likeness (QED) is 0.539. The fourth-order valence-corrected chi connectivity index (χ4v) is 0.925. The molecule has 13 heavy (non-hydrogen) atoms. The fraction of sp³-hybridized carbons (Fsp3) is 0.100. The smallest absolute Gasteiger partial charge is 0.143 e. The average molecular weight is 174 g/mol. The zero-order valence-electron chi connectivity index (χ0n) is 7.07. The van der Waals surface area contributed by atoms with Crippen molar-refractivity contribution in [2.75, 3.05) is 5.32 Å². The van der Waals surface area contributed by atoms with Crippen LogP contribution in [0.4, 0.5) is 5.69 Å². The minimum Gasteiger partial charge on any atom is -0.370 e. The Kier molecular flexibility index (Phi) is 3.07. The van der Waals surface area contributed by atoms with Crippen LogP contribution in [0.1, 0.15) is 5.56 Å². The van der Waals surface area contributed by atoms with Gasteiger partial charge in [0.1, 0.15) is 12.3 Å². The van der Waals surface area contributed by atoms with Crippen LogP contribution in [0.3, 0.4) is 0 Å². The second-order valence-electron chi connectivity index (χ2n) is 2.48. The number of para-hydroxylation sites is 1. The Morgan fingerprint density at radius 1 is 1.54 bits per heavy atom. The first-order valence-corrected chi connectivity index (χ1v) is 3.84. The van der Waals surface area contributed by atoms with Gasteiger partial charge in [0.2, 0.25) is 0 Å². The normalized spacial score (nSPS) is 11.4. The van der Waals surface area contributed by atoms with Gasteiger partial charge in [0.15, 0.2) is 0 Å². The van der Waals surface area contributed by atoms with Gasteiger partial charge >= 0.3 is 0 Å². The van der Waals surface area contributed by atoms with Crippen LogP contribution in [-0.4, -0.2) is 11.3 Å². The number of anilines is 1. The van der Waals surface area contributed by atoms with Crippen LogP contribution in [0.25, 0.3) is 0 Å². The summed E-state index contributed by atoms with van der Waals surface area (Å²) >= 11 is 0. The van der Waals surface area contributed by atoms with E-state index in [1.54, 1.807) is 24.3 Å². The molecule has 0 saturated carbocycles. The van der Waals surface area contributed by atoms with E-state index in [-0.39, 0.29) is 0 Å². The molecule has 0 fully saturated rings. The maximum absolute atomic E-state index is 9.19. The third-order valence-electron chi connectivity index (χ3n) is 1.57. The Morgan fingerprint density at radius 3 is 2.85 bits per heavy atom. The Balaban J connectivity index is 2.88. The van der Waals surface area contributed by atoms with Gasteiger partial charge in [-0.15, -0.1) is 0 Å². The SMILES string of the molecule is C=CC(O)Nc1ccccc1C#N. The van der Waals surface area contributed by atoms with Gasteiger partial charge in [-0.25, -0.2) is 0 Å². The molecule has 0 bridgehead atoms. The predicted molar refractivity (Wildman–Crippen MR) is 51.0 cm³/mol. The Morgan fingerprint density at radius 2 is 2.23 bits per heavy atom. The lowest BCUT2D eigenvalue weighted by Crippen LogP contribution is -2.15. The first-order chi connectivity index (χ1) is 6.27. The van der Waals surface area contributed by atoms with Crippen LogP contribution < -0.4 is 5.32 Å². The van der Waals surface area contributed by atoms with E-state index in [1.165, 1.54) is 6.08 Å². The van der Waals surface area contributed by atoms with Gasteiger partial charge < -0.3 is 10.4 Å². The molecule has 0 aliphatic carbocycles. The summed E-state index contributed by atoms with van der Waals surface area (Å²) in [6, 6.07) is 8.98. The van der Waals surface area contributed by atoms with E-state index in [9.17, 15) is 5.11 Å². The molecule has 0 aliphatic rings. The number of hydrogen-bond acceptors (Lipinski definition) is 3. The maximum Gasteiger partial charge on any atom is 0.143 e. The Labute approximate surface area is 76.9 Å². The first kappa shape index (κ1) is 9.30. The van der Waals surface area contributed by atoms with E-state index in [0.29, 0.717) is 11.3 Å². The van der Waals surface area contributed by atoms with Crippen molar-refractivity contribution in [3.05, 3.63) is 42.5 Å². The van der Waals surface area contributed by atoms with Gasteiger partial charge in [0, 0.05) is 0 Å². The molecule has 0 amide bonds. The van der Waals surface area contributed by atoms with Gasteiger partial charge in [0.05, 0.1) is 11.3 Å². The van der Waals surface area contributed by atoms with Gasteiger partial charge in [0.25, 0.3) is 0 Å². The summed E-state index contributed by atoms with van der Waals surface area (Å²) in [6.45, 7) is 3.42. The molecule has 66 valence electrons. The van der Waals surface area contributed by atoms with Crippen LogP contribution in [0, 0.1) is 11.3 Å². The van der Waals surface area contributed by atoms with Crippen molar-refractivity contribution in [3.8, 4) is 6.07 Å². The molecule has 1 unspecified atom stereocenters. The van der Waals surface area contributed by atoms with Crippen molar-refractivity contribution in [2.24, 2.45) is 0 Å². The molecule has 1 aromatic rings. The van der Waals surface area contributed by atoms with Crippen LogP contribution in [0.5, 0.6) is 0 Å². The molecule has 0 saturated heterocycles. The van der Waals surface area contributed by atoms with E-state index >= 15 is 0 Å². The highest BCUT2D eigenvalue weighted by Gasteiger charge is 2.02. The first-order valence-electron chi connectivity index (χ1n) is 3.84. The van der Waals surface area contributed by atoms with Gasteiger partial charge in [-0.3, -0.25) is 0 Å². The summed E-state index contributed by atoms with van der Waals surface area (Å²) in [5.74, 6) is 0. The molecule has 3 nitrogen and oxygen atoms in total. The molecule has 0 radical (unpaired) electrons. The molecular weight excluding hydrogens is 164 g/mol. The van der Waals surface area contributed by atoms with Gasteiger partial charge in [-0.2, -0.15) is 5.26 Å². The lowest BCUT2D eigenvalue weighted by atomic mass is 10.2. The summed E-state index contributed by atoms with van der Waals surface area (Å²) in [4.78, 5) is 0. The van der Waals surface area contributed by atoms with Crippen molar-refractivity contribution in [2.45, 2.75) is 6.23 Å². The molecule has 0 aromatic heterocycles. The van der Waals surface area contributed by atoms with E-state index in [4.69, 9.17) is 5.26 Å². The number of nitriles is 1. The second kappa shape index (κ2) is 4.29. The zero-order chi connectivity index (χ0) is 9.68. The number of rotatable bonds is 3. The number of aliphatic hydroxyl groups excluding tert-OH is 1. The zero-order valence-corrected chi connectivity index (χ0v) is 7.07. The standard InChI is InChI=1S/C10H10N2O/c1-2-10(13)12-9-6-4-3-5-8(9)7-11/h2-6,10,12-13H,1H2. The largest absolute Gasteiger partial charge is 0.370 e. The average Bonchev–Trinajstić information content (AvgIpc) is 2.18. The van der Waals surface area contributed by atoms with E-state index < -0.39 is 6.23 Å². The monoisotopic (exact) mass is 174 g/mol. The van der Waals surface area contributed by atoms with Crippen LogP contribution >= 0.6 is 0 Å². The van der Waals surface area contributed by atoms with Gasteiger partial charge in [-0.1, -0.05) is 18.7 Å². The topological polar surface area (TPSA) is 56.0 Å². The summed E-state index contributed by atoms with van der Waals surface area (Å²) in [7, 11) is 0. The van der Waals surface area contributed by atoms with E-state index in [0.717, 1.165) is 0 Å².